The Labute approximate surface area is 102 Å². The lowest BCUT2D eigenvalue weighted by atomic mass is 10.0. The predicted molar refractivity (Wildman–Crippen MR) is 70.2 cm³/mol. The first kappa shape index (κ1) is 9.58. The molecule has 0 fully saturated rings. The van der Waals surface area contributed by atoms with Gasteiger partial charge in [0, 0.05) is 36.6 Å². The average molecular weight is 226 g/mol. The number of nitrogens with zero attached hydrogens (tertiary/aromatic N) is 1. The molecule has 0 saturated heterocycles. The van der Waals surface area contributed by atoms with Crippen molar-refractivity contribution in [2.45, 2.75) is 38.6 Å². The Kier molecular flexibility index (Phi) is 1.85. The van der Waals surface area contributed by atoms with Gasteiger partial charge in [-0.1, -0.05) is 12.1 Å². The number of hydrogen-bond acceptors (Lipinski definition) is 2. The maximum Gasteiger partial charge on any atom is 0.0484 e. The van der Waals surface area contributed by atoms with Crippen molar-refractivity contribution in [1.82, 2.24) is 5.32 Å². The minimum atomic E-state index is 0.586. The molecule has 1 aromatic rings. The van der Waals surface area contributed by atoms with E-state index >= 15 is 0 Å². The van der Waals surface area contributed by atoms with Crippen LogP contribution in [0.2, 0.25) is 0 Å². The summed E-state index contributed by atoms with van der Waals surface area (Å²) in [5.74, 6) is 0. The maximum atomic E-state index is 3.40. The molecule has 88 valence electrons. The standard InChI is InChI=1S/C15H18N2/c1-10-8-16-9-13-7-12-6-5-11-3-2-4-14(11)15(12)17(10)13/h5-6,9-10,16H,2-4,7-8H2,1H3/t10-/m1/s1. The fourth-order valence-corrected chi connectivity index (χ4v) is 3.62. The molecule has 4 rings (SSSR count). The lowest BCUT2D eigenvalue weighted by Gasteiger charge is -2.33. The van der Waals surface area contributed by atoms with E-state index in [-0.39, 0.29) is 0 Å². The molecule has 0 radical (unpaired) electrons. The normalized spacial score (nSPS) is 24.9. The molecule has 1 aliphatic carbocycles. The second kappa shape index (κ2) is 3.28. The highest BCUT2D eigenvalue weighted by Gasteiger charge is 2.33. The van der Waals surface area contributed by atoms with Crippen molar-refractivity contribution in [2.24, 2.45) is 0 Å². The van der Waals surface area contributed by atoms with Crippen molar-refractivity contribution in [3.8, 4) is 0 Å². The molecule has 17 heavy (non-hydrogen) atoms. The molecule has 0 bridgehead atoms. The van der Waals surface area contributed by atoms with Crippen LogP contribution >= 0.6 is 0 Å². The van der Waals surface area contributed by atoms with Gasteiger partial charge in [-0.2, -0.15) is 0 Å². The smallest absolute Gasteiger partial charge is 0.0484 e. The second-order valence-electron chi connectivity index (χ2n) is 5.50. The van der Waals surface area contributed by atoms with Crippen LogP contribution in [0.3, 0.4) is 0 Å². The van der Waals surface area contributed by atoms with Crippen molar-refractivity contribution in [3.05, 3.63) is 40.7 Å². The van der Waals surface area contributed by atoms with E-state index in [2.05, 4.69) is 35.5 Å². The Hall–Kier alpha value is -1.44. The van der Waals surface area contributed by atoms with E-state index in [0.29, 0.717) is 6.04 Å². The number of benzene rings is 1. The molecule has 0 spiro atoms. The third-order valence-corrected chi connectivity index (χ3v) is 4.38. The molecule has 0 aromatic heterocycles. The van der Waals surface area contributed by atoms with Gasteiger partial charge >= 0.3 is 0 Å². The molecule has 3 aliphatic rings. The van der Waals surface area contributed by atoms with Crippen molar-refractivity contribution in [1.29, 1.82) is 0 Å². The number of anilines is 1. The molecular weight excluding hydrogens is 208 g/mol. The van der Waals surface area contributed by atoms with Crippen molar-refractivity contribution in [3.63, 3.8) is 0 Å². The van der Waals surface area contributed by atoms with Crippen LogP contribution in [0.4, 0.5) is 5.69 Å². The van der Waals surface area contributed by atoms with Gasteiger partial charge in [0.15, 0.2) is 0 Å². The van der Waals surface area contributed by atoms with Crippen LogP contribution in [-0.2, 0) is 19.3 Å². The summed E-state index contributed by atoms with van der Waals surface area (Å²) in [6.07, 6.45) is 7.22. The topological polar surface area (TPSA) is 15.3 Å². The highest BCUT2D eigenvalue weighted by Crippen LogP contribution is 2.43. The van der Waals surface area contributed by atoms with Gasteiger partial charge in [-0.3, -0.25) is 0 Å². The third-order valence-electron chi connectivity index (χ3n) is 4.38. The lowest BCUT2D eigenvalue weighted by Crippen LogP contribution is -2.42. The summed E-state index contributed by atoms with van der Waals surface area (Å²) in [6.45, 7) is 3.38. The first-order valence-corrected chi connectivity index (χ1v) is 6.70. The summed E-state index contributed by atoms with van der Waals surface area (Å²) >= 11 is 0. The van der Waals surface area contributed by atoms with E-state index in [9.17, 15) is 0 Å². The molecule has 2 heterocycles. The molecule has 0 amide bonds. The molecule has 1 N–H and O–H groups in total. The minimum absolute atomic E-state index is 0.586. The van der Waals surface area contributed by atoms with Crippen LogP contribution in [0.25, 0.3) is 0 Å². The quantitative estimate of drug-likeness (QED) is 0.730. The molecule has 2 heteroatoms. The van der Waals surface area contributed by atoms with E-state index in [1.165, 1.54) is 30.5 Å². The number of allylic oxidation sites excluding steroid dienone is 1. The Morgan fingerprint density at radius 1 is 1.24 bits per heavy atom. The fourth-order valence-electron chi connectivity index (χ4n) is 3.62. The van der Waals surface area contributed by atoms with Crippen LogP contribution in [0.15, 0.2) is 24.0 Å². The third kappa shape index (κ3) is 1.21. The van der Waals surface area contributed by atoms with E-state index in [0.717, 1.165) is 13.0 Å². The first-order valence-electron chi connectivity index (χ1n) is 6.70. The molecule has 1 aromatic carbocycles. The predicted octanol–water partition coefficient (Wildman–Crippen LogP) is 2.37. The fraction of sp³-hybridized carbons (Fsp3) is 0.467. The Morgan fingerprint density at radius 3 is 3.06 bits per heavy atom. The van der Waals surface area contributed by atoms with Gasteiger partial charge in [-0.15, -0.1) is 0 Å². The largest absolute Gasteiger partial charge is 0.387 e. The van der Waals surface area contributed by atoms with Gasteiger partial charge < -0.3 is 10.2 Å². The summed E-state index contributed by atoms with van der Waals surface area (Å²) in [5.41, 5.74) is 7.78. The van der Waals surface area contributed by atoms with E-state index < -0.39 is 0 Å². The first-order chi connectivity index (χ1) is 8.34. The summed E-state index contributed by atoms with van der Waals surface area (Å²) in [4.78, 5) is 2.58. The number of fused-ring (bicyclic) bond motifs is 5. The average Bonchev–Trinajstić information content (AvgIpc) is 2.91. The lowest BCUT2D eigenvalue weighted by molar-refractivity contribution is 0.615. The Balaban J connectivity index is 1.93. The zero-order valence-electron chi connectivity index (χ0n) is 10.3. The summed E-state index contributed by atoms with van der Waals surface area (Å²) in [7, 11) is 0. The molecule has 1 atom stereocenters. The summed E-state index contributed by atoms with van der Waals surface area (Å²) in [6, 6.07) is 5.30. The van der Waals surface area contributed by atoms with Gasteiger partial charge in [0.05, 0.1) is 0 Å². The van der Waals surface area contributed by atoms with Gasteiger partial charge in [0.25, 0.3) is 0 Å². The van der Waals surface area contributed by atoms with Gasteiger partial charge in [-0.05, 0) is 42.9 Å². The highest BCUT2D eigenvalue weighted by molar-refractivity contribution is 5.72. The van der Waals surface area contributed by atoms with E-state index in [1.807, 2.05) is 0 Å². The maximum absolute atomic E-state index is 3.40. The monoisotopic (exact) mass is 226 g/mol. The zero-order chi connectivity index (χ0) is 11.4. The molecule has 2 aliphatic heterocycles. The molecule has 0 saturated carbocycles. The van der Waals surface area contributed by atoms with Crippen molar-refractivity contribution in [2.75, 3.05) is 11.4 Å². The van der Waals surface area contributed by atoms with Crippen molar-refractivity contribution >= 4 is 5.69 Å². The van der Waals surface area contributed by atoms with Crippen LogP contribution in [0, 0.1) is 0 Å². The van der Waals surface area contributed by atoms with Crippen LogP contribution in [-0.4, -0.2) is 12.6 Å². The number of rotatable bonds is 0. The van der Waals surface area contributed by atoms with Gasteiger partial charge in [0.2, 0.25) is 0 Å². The molecule has 0 unspecified atom stereocenters. The molecular formula is C15H18N2. The zero-order valence-corrected chi connectivity index (χ0v) is 10.3. The van der Waals surface area contributed by atoms with Crippen molar-refractivity contribution < 1.29 is 0 Å². The Morgan fingerprint density at radius 2 is 2.12 bits per heavy atom. The van der Waals surface area contributed by atoms with Gasteiger partial charge in [0.1, 0.15) is 0 Å². The number of aryl methyl sites for hydroxylation is 1. The van der Waals surface area contributed by atoms with Crippen LogP contribution in [0.1, 0.15) is 30.0 Å². The van der Waals surface area contributed by atoms with Gasteiger partial charge in [-0.25, -0.2) is 0 Å². The highest BCUT2D eigenvalue weighted by atomic mass is 15.2. The molecule has 2 nitrogen and oxygen atoms in total. The van der Waals surface area contributed by atoms with Crippen LogP contribution < -0.4 is 10.2 Å². The second-order valence-corrected chi connectivity index (χ2v) is 5.50. The van der Waals surface area contributed by atoms with Crippen LogP contribution in [0.5, 0.6) is 0 Å². The number of nitrogens with one attached hydrogen (secondary N) is 1. The van der Waals surface area contributed by atoms with E-state index in [1.54, 1.807) is 16.8 Å². The minimum Gasteiger partial charge on any atom is -0.387 e. The number of hydrogen-bond donors (Lipinski definition) is 1. The Bertz CT molecular complexity index is 516. The summed E-state index contributed by atoms with van der Waals surface area (Å²) in [5, 5.41) is 3.40. The summed E-state index contributed by atoms with van der Waals surface area (Å²) < 4.78 is 0. The van der Waals surface area contributed by atoms with E-state index in [4.69, 9.17) is 0 Å². The SMILES string of the molecule is C[C@@H]1CNC=C2Cc3ccc4c(c3N21)CCC4.